The van der Waals surface area contributed by atoms with E-state index < -0.39 is 17.3 Å². The highest BCUT2D eigenvalue weighted by Gasteiger charge is 2.71. The minimum atomic E-state index is -1.30. The maximum absolute atomic E-state index is 13.6. The summed E-state index contributed by atoms with van der Waals surface area (Å²) in [6, 6.07) is 0. The van der Waals surface area contributed by atoms with E-state index >= 15 is 0 Å². The summed E-state index contributed by atoms with van der Waals surface area (Å²) in [6.45, 7) is 3.83. The lowest BCUT2D eigenvalue weighted by molar-refractivity contribution is -0.180. The summed E-state index contributed by atoms with van der Waals surface area (Å²) in [6.07, 6.45) is 6.98. The normalized spacial score (nSPS) is 50.7. The standard InChI is InChI=1S/C19H24O4/c1-9-4-5-10(2)19(18(22)23-3)15(9)16(20)13-11-6-7-12(8-11)14(13)17(19)21/h4-5,9-15H,6-8H2,1-3H3. The third-order valence-electron chi connectivity index (χ3n) is 7.22. The summed E-state index contributed by atoms with van der Waals surface area (Å²) in [4.78, 5) is 39.7. The summed E-state index contributed by atoms with van der Waals surface area (Å²) in [5.74, 6) is -1.06. The van der Waals surface area contributed by atoms with Gasteiger partial charge in [0, 0.05) is 17.8 Å². The van der Waals surface area contributed by atoms with Crippen LogP contribution in [0.2, 0.25) is 0 Å². The fourth-order valence-electron chi connectivity index (χ4n) is 6.31. The van der Waals surface area contributed by atoms with E-state index in [4.69, 9.17) is 4.74 Å². The third kappa shape index (κ3) is 1.60. The van der Waals surface area contributed by atoms with E-state index in [1.54, 1.807) is 0 Å². The van der Waals surface area contributed by atoms with Crippen LogP contribution in [0, 0.1) is 46.8 Å². The zero-order valence-electron chi connectivity index (χ0n) is 14.0. The molecule has 0 heterocycles. The first kappa shape index (κ1) is 15.1. The molecule has 0 saturated heterocycles. The number of hydrogen-bond donors (Lipinski definition) is 0. The van der Waals surface area contributed by atoms with Crippen molar-refractivity contribution in [3.63, 3.8) is 0 Å². The summed E-state index contributed by atoms with van der Waals surface area (Å²) in [7, 11) is 1.33. The fourth-order valence-corrected chi connectivity index (χ4v) is 6.31. The molecule has 8 atom stereocenters. The van der Waals surface area contributed by atoms with Gasteiger partial charge in [0.1, 0.15) is 11.2 Å². The van der Waals surface area contributed by atoms with Gasteiger partial charge in [-0.05, 0) is 42.9 Å². The lowest BCUT2D eigenvalue weighted by atomic mass is 9.47. The third-order valence-corrected chi connectivity index (χ3v) is 7.22. The molecule has 4 heteroatoms. The number of rotatable bonds is 1. The second kappa shape index (κ2) is 4.78. The van der Waals surface area contributed by atoms with Crippen LogP contribution in [0.4, 0.5) is 0 Å². The molecule has 124 valence electrons. The number of esters is 1. The monoisotopic (exact) mass is 316 g/mol. The lowest BCUT2D eigenvalue weighted by Crippen LogP contribution is -2.64. The predicted octanol–water partition coefficient (Wildman–Crippen LogP) is 2.42. The molecule has 0 amide bonds. The van der Waals surface area contributed by atoms with Gasteiger partial charge < -0.3 is 4.74 Å². The van der Waals surface area contributed by atoms with Crippen molar-refractivity contribution in [2.45, 2.75) is 33.1 Å². The van der Waals surface area contributed by atoms with Gasteiger partial charge in [0.25, 0.3) is 0 Å². The summed E-state index contributed by atoms with van der Waals surface area (Å²) in [5.41, 5.74) is -1.30. The van der Waals surface area contributed by atoms with Crippen LogP contribution in [0.3, 0.4) is 0 Å². The number of allylic oxidation sites excluding steroid dienone is 2. The Balaban J connectivity index is 1.91. The van der Waals surface area contributed by atoms with Gasteiger partial charge in [-0.15, -0.1) is 0 Å². The van der Waals surface area contributed by atoms with E-state index in [9.17, 15) is 14.4 Å². The van der Waals surface area contributed by atoms with Crippen molar-refractivity contribution < 1.29 is 19.1 Å². The molecular formula is C19H24O4. The molecule has 2 bridgehead atoms. The molecule has 4 aliphatic rings. The SMILES string of the molecule is COC(=O)C12C(=O)C3C4CCC(C4)C3C(=O)C1C(C)C=CC2C. The van der Waals surface area contributed by atoms with Crippen molar-refractivity contribution in [1.82, 2.24) is 0 Å². The molecule has 3 saturated carbocycles. The molecule has 0 N–H and O–H groups in total. The van der Waals surface area contributed by atoms with Crippen molar-refractivity contribution in [2.75, 3.05) is 7.11 Å². The Kier molecular flexibility index (Phi) is 3.14. The van der Waals surface area contributed by atoms with Crippen molar-refractivity contribution in [3.05, 3.63) is 12.2 Å². The highest BCUT2D eigenvalue weighted by Crippen LogP contribution is 2.63. The maximum atomic E-state index is 13.6. The first-order valence-corrected chi connectivity index (χ1v) is 8.79. The van der Waals surface area contributed by atoms with E-state index in [0.29, 0.717) is 5.92 Å². The number of ether oxygens (including phenoxy) is 1. The van der Waals surface area contributed by atoms with Gasteiger partial charge in [0.15, 0.2) is 5.78 Å². The molecule has 0 aromatic heterocycles. The smallest absolute Gasteiger partial charge is 0.320 e. The van der Waals surface area contributed by atoms with Crippen molar-refractivity contribution in [1.29, 1.82) is 0 Å². The molecule has 8 unspecified atom stereocenters. The van der Waals surface area contributed by atoms with E-state index in [2.05, 4.69) is 0 Å². The molecule has 4 nitrogen and oxygen atoms in total. The largest absolute Gasteiger partial charge is 0.468 e. The molecule has 4 rings (SSSR count). The minimum absolute atomic E-state index is 0.00477. The summed E-state index contributed by atoms with van der Waals surface area (Å²) < 4.78 is 5.07. The van der Waals surface area contributed by atoms with Gasteiger partial charge in [-0.3, -0.25) is 14.4 Å². The van der Waals surface area contributed by atoms with Gasteiger partial charge in [0.2, 0.25) is 0 Å². The Hall–Kier alpha value is -1.45. The van der Waals surface area contributed by atoms with E-state index in [1.165, 1.54) is 7.11 Å². The van der Waals surface area contributed by atoms with Crippen molar-refractivity contribution in [3.8, 4) is 0 Å². The predicted molar refractivity (Wildman–Crippen MR) is 83.2 cm³/mol. The highest BCUT2D eigenvalue weighted by molar-refractivity contribution is 6.14. The maximum Gasteiger partial charge on any atom is 0.320 e. The van der Waals surface area contributed by atoms with Gasteiger partial charge in [-0.1, -0.05) is 26.0 Å². The molecule has 0 aliphatic heterocycles. The number of fused-ring (bicyclic) bond motifs is 6. The van der Waals surface area contributed by atoms with Crippen LogP contribution >= 0.6 is 0 Å². The quantitative estimate of drug-likeness (QED) is 0.423. The number of Topliss-reactive ketones (excluding diaryl/α,β-unsaturated/α-hetero) is 2. The van der Waals surface area contributed by atoms with Crippen LogP contribution in [0.25, 0.3) is 0 Å². The molecule has 3 fully saturated rings. The second-order valence-corrected chi connectivity index (χ2v) is 8.02. The average molecular weight is 316 g/mol. The molecule has 0 radical (unpaired) electrons. The minimum Gasteiger partial charge on any atom is -0.468 e. The van der Waals surface area contributed by atoms with Crippen molar-refractivity contribution >= 4 is 17.5 Å². The van der Waals surface area contributed by atoms with Crippen molar-refractivity contribution in [2.24, 2.45) is 46.8 Å². The Morgan fingerprint density at radius 1 is 1.13 bits per heavy atom. The van der Waals surface area contributed by atoms with E-state index in [1.807, 2.05) is 26.0 Å². The highest BCUT2D eigenvalue weighted by atomic mass is 16.5. The van der Waals surface area contributed by atoms with Gasteiger partial charge >= 0.3 is 5.97 Å². The molecule has 4 aliphatic carbocycles. The topological polar surface area (TPSA) is 60.4 Å². The zero-order chi connectivity index (χ0) is 16.5. The average Bonchev–Trinajstić information content (AvgIpc) is 3.15. The molecule has 23 heavy (non-hydrogen) atoms. The number of methoxy groups -OCH3 is 1. The molecule has 0 spiro atoms. The van der Waals surface area contributed by atoms with Crippen LogP contribution in [-0.4, -0.2) is 24.6 Å². The molecular weight excluding hydrogens is 292 g/mol. The first-order chi connectivity index (χ1) is 10.9. The second-order valence-electron chi connectivity index (χ2n) is 8.02. The van der Waals surface area contributed by atoms with Crippen LogP contribution in [0.15, 0.2) is 12.2 Å². The Morgan fingerprint density at radius 3 is 2.43 bits per heavy atom. The number of carbonyl (C=O) groups excluding carboxylic acids is 3. The van der Waals surface area contributed by atoms with Crippen LogP contribution < -0.4 is 0 Å². The Labute approximate surface area is 136 Å². The summed E-state index contributed by atoms with van der Waals surface area (Å²) in [5, 5.41) is 0. The van der Waals surface area contributed by atoms with Crippen LogP contribution in [0.5, 0.6) is 0 Å². The number of carbonyl (C=O) groups is 3. The molecule has 0 aromatic carbocycles. The Bertz CT molecular complexity index is 621. The zero-order valence-corrected chi connectivity index (χ0v) is 14.0. The van der Waals surface area contributed by atoms with Crippen LogP contribution in [0.1, 0.15) is 33.1 Å². The van der Waals surface area contributed by atoms with E-state index in [0.717, 1.165) is 19.3 Å². The molecule has 0 aromatic rings. The van der Waals surface area contributed by atoms with Gasteiger partial charge in [0.05, 0.1) is 7.11 Å². The van der Waals surface area contributed by atoms with Gasteiger partial charge in [-0.25, -0.2) is 0 Å². The first-order valence-electron chi connectivity index (χ1n) is 8.79. The van der Waals surface area contributed by atoms with E-state index in [-0.39, 0.29) is 41.2 Å². The Morgan fingerprint density at radius 2 is 1.78 bits per heavy atom. The number of ketones is 2. The lowest BCUT2D eigenvalue weighted by Gasteiger charge is -2.52. The van der Waals surface area contributed by atoms with Gasteiger partial charge in [-0.2, -0.15) is 0 Å². The van der Waals surface area contributed by atoms with Crippen LogP contribution in [-0.2, 0) is 19.1 Å². The summed E-state index contributed by atoms with van der Waals surface area (Å²) >= 11 is 0. The number of hydrogen-bond acceptors (Lipinski definition) is 4. The fraction of sp³-hybridized carbons (Fsp3) is 0.737.